The zero-order valence-corrected chi connectivity index (χ0v) is 12.6. The molecule has 108 valence electrons. The van der Waals surface area contributed by atoms with Gasteiger partial charge in [-0.1, -0.05) is 13.8 Å². The quantitative estimate of drug-likeness (QED) is 0.888. The maximum absolute atomic E-state index is 12.2. The van der Waals surface area contributed by atoms with Crippen LogP contribution in [0.15, 0.2) is 4.79 Å². The van der Waals surface area contributed by atoms with Crippen molar-refractivity contribution in [2.45, 2.75) is 46.0 Å². The predicted octanol–water partition coefficient (Wildman–Crippen LogP) is 2.82. The smallest absolute Gasteiger partial charge is 0.303 e. The SMILES string of the molecule is Cc1sc2nc(CCCC(=O)O)[nH]c(=O)c2c1C(C)C. The number of hydrogen-bond donors (Lipinski definition) is 2. The summed E-state index contributed by atoms with van der Waals surface area (Å²) in [5, 5.41) is 9.31. The molecule has 0 fully saturated rings. The van der Waals surface area contributed by atoms with Gasteiger partial charge in [0, 0.05) is 17.7 Å². The first-order chi connectivity index (χ1) is 9.40. The van der Waals surface area contributed by atoms with E-state index in [2.05, 4.69) is 23.8 Å². The van der Waals surface area contributed by atoms with E-state index in [1.807, 2.05) is 6.92 Å². The Bertz CT molecular complexity index is 700. The molecule has 0 aliphatic carbocycles. The standard InChI is InChI=1S/C14H18N2O3S/c1-7(2)11-8(3)20-14-12(11)13(19)15-9(16-14)5-4-6-10(17)18/h7H,4-6H2,1-3H3,(H,17,18)(H,15,16,19). The molecule has 0 unspecified atom stereocenters. The lowest BCUT2D eigenvalue weighted by Crippen LogP contribution is -2.13. The highest BCUT2D eigenvalue weighted by atomic mass is 32.1. The Hall–Kier alpha value is -1.69. The summed E-state index contributed by atoms with van der Waals surface area (Å²) in [6, 6.07) is 0. The summed E-state index contributed by atoms with van der Waals surface area (Å²) in [7, 11) is 0. The van der Waals surface area contributed by atoms with Crippen molar-refractivity contribution in [2.24, 2.45) is 0 Å². The number of thiophene rings is 1. The van der Waals surface area contributed by atoms with Crippen LogP contribution in [-0.4, -0.2) is 21.0 Å². The molecule has 0 aliphatic heterocycles. The molecule has 2 heterocycles. The fourth-order valence-electron chi connectivity index (χ4n) is 2.41. The van der Waals surface area contributed by atoms with Crippen LogP contribution in [0.1, 0.15) is 48.9 Å². The van der Waals surface area contributed by atoms with Gasteiger partial charge in [-0.2, -0.15) is 0 Å². The summed E-state index contributed by atoms with van der Waals surface area (Å²) in [6.07, 6.45) is 1.04. The Morgan fingerprint density at radius 3 is 2.75 bits per heavy atom. The lowest BCUT2D eigenvalue weighted by atomic mass is 10.0. The Balaban J connectivity index is 2.39. The number of aromatic nitrogens is 2. The molecule has 0 atom stereocenters. The van der Waals surface area contributed by atoms with E-state index >= 15 is 0 Å². The molecule has 0 amide bonds. The number of carbonyl (C=O) groups is 1. The number of nitrogens with zero attached hydrogens (tertiary/aromatic N) is 1. The lowest BCUT2D eigenvalue weighted by Gasteiger charge is -2.05. The molecule has 0 aliphatic rings. The number of aryl methyl sites for hydroxylation is 2. The molecule has 2 rings (SSSR count). The molecule has 6 heteroatoms. The molecule has 2 aromatic heterocycles. The summed E-state index contributed by atoms with van der Waals surface area (Å²) < 4.78 is 0. The van der Waals surface area contributed by atoms with Crippen LogP contribution in [0.5, 0.6) is 0 Å². The van der Waals surface area contributed by atoms with Crippen LogP contribution in [0.4, 0.5) is 0 Å². The van der Waals surface area contributed by atoms with E-state index in [1.54, 1.807) is 0 Å². The maximum atomic E-state index is 12.2. The van der Waals surface area contributed by atoms with E-state index in [0.717, 1.165) is 15.3 Å². The topological polar surface area (TPSA) is 83.0 Å². The molecule has 2 N–H and O–H groups in total. The molecule has 0 spiro atoms. The van der Waals surface area contributed by atoms with Gasteiger partial charge in [-0.05, 0) is 24.8 Å². The third kappa shape index (κ3) is 2.90. The number of aromatic amines is 1. The molecule has 2 aromatic rings. The average molecular weight is 294 g/mol. The van der Waals surface area contributed by atoms with E-state index < -0.39 is 5.97 Å². The number of nitrogens with one attached hydrogen (secondary N) is 1. The second-order valence-electron chi connectivity index (χ2n) is 5.17. The molecule has 20 heavy (non-hydrogen) atoms. The van der Waals surface area contributed by atoms with Crippen molar-refractivity contribution in [3.8, 4) is 0 Å². The van der Waals surface area contributed by atoms with Crippen molar-refractivity contribution >= 4 is 27.5 Å². The van der Waals surface area contributed by atoms with E-state index in [0.29, 0.717) is 24.1 Å². The molecule has 0 bridgehead atoms. The second-order valence-corrected chi connectivity index (χ2v) is 6.37. The van der Waals surface area contributed by atoms with Crippen molar-refractivity contribution < 1.29 is 9.90 Å². The number of carboxylic acids is 1. The summed E-state index contributed by atoms with van der Waals surface area (Å²) in [5.74, 6) is 0.0207. The van der Waals surface area contributed by atoms with E-state index in [9.17, 15) is 9.59 Å². The van der Waals surface area contributed by atoms with Gasteiger partial charge in [0.15, 0.2) is 0 Å². The van der Waals surface area contributed by atoms with Gasteiger partial charge < -0.3 is 10.1 Å². The van der Waals surface area contributed by atoms with Crippen LogP contribution in [0.2, 0.25) is 0 Å². The monoisotopic (exact) mass is 294 g/mol. The number of fused-ring (bicyclic) bond motifs is 1. The van der Waals surface area contributed by atoms with Crippen molar-refractivity contribution in [2.75, 3.05) is 0 Å². The van der Waals surface area contributed by atoms with Gasteiger partial charge >= 0.3 is 5.97 Å². The zero-order valence-electron chi connectivity index (χ0n) is 11.8. The van der Waals surface area contributed by atoms with E-state index in [-0.39, 0.29) is 17.9 Å². The Kier molecular flexibility index (Phi) is 4.23. The highest BCUT2D eigenvalue weighted by molar-refractivity contribution is 7.18. The molecule has 5 nitrogen and oxygen atoms in total. The first kappa shape index (κ1) is 14.7. The number of hydrogen-bond acceptors (Lipinski definition) is 4. The molecule has 0 saturated carbocycles. The summed E-state index contributed by atoms with van der Waals surface area (Å²) in [6.45, 7) is 6.13. The predicted molar refractivity (Wildman–Crippen MR) is 79.6 cm³/mol. The normalized spacial score (nSPS) is 11.4. The molecular formula is C14H18N2O3S. The van der Waals surface area contributed by atoms with Gasteiger partial charge in [0.1, 0.15) is 10.7 Å². The number of H-pyrrole nitrogens is 1. The fourth-order valence-corrected chi connectivity index (χ4v) is 3.60. The van der Waals surface area contributed by atoms with Gasteiger partial charge in [0.25, 0.3) is 5.56 Å². The van der Waals surface area contributed by atoms with Gasteiger partial charge in [0.05, 0.1) is 5.39 Å². The first-order valence-electron chi connectivity index (χ1n) is 6.64. The fraction of sp³-hybridized carbons (Fsp3) is 0.500. The molecule has 0 saturated heterocycles. The van der Waals surface area contributed by atoms with Crippen LogP contribution in [-0.2, 0) is 11.2 Å². The summed E-state index contributed by atoms with van der Waals surface area (Å²) in [5.41, 5.74) is 0.948. The van der Waals surface area contributed by atoms with E-state index in [1.165, 1.54) is 11.3 Å². The average Bonchev–Trinajstić information content (AvgIpc) is 2.65. The molecule has 0 aromatic carbocycles. The Labute approximate surface area is 120 Å². The minimum Gasteiger partial charge on any atom is -0.481 e. The molecular weight excluding hydrogens is 276 g/mol. The van der Waals surface area contributed by atoms with Gasteiger partial charge in [-0.3, -0.25) is 9.59 Å². The molecule has 0 radical (unpaired) electrons. The Morgan fingerprint density at radius 2 is 2.15 bits per heavy atom. The summed E-state index contributed by atoms with van der Waals surface area (Å²) >= 11 is 1.53. The van der Waals surface area contributed by atoms with Gasteiger partial charge in [0.2, 0.25) is 0 Å². The summed E-state index contributed by atoms with van der Waals surface area (Å²) in [4.78, 5) is 31.8. The van der Waals surface area contributed by atoms with Crippen LogP contribution < -0.4 is 5.56 Å². The minimum absolute atomic E-state index is 0.0858. The number of rotatable bonds is 5. The lowest BCUT2D eigenvalue weighted by molar-refractivity contribution is -0.137. The maximum Gasteiger partial charge on any atom is 0.303 e. The zero-order chi connectivity index (χ0) is 14.9. The highest BCUT2D eigenvalue weighted by Crippen LogP contribution is 2.32. The van der Waals surface area contributed by atoms with Crippen molar-refractivity contribution in [3.05, 3.63) is 26.6 Å². The minimum atomic E-state index is -0.831. The van der Waals surface area contributed by atoms with Crippen LogP contribution in [0.25, 0.3) is 10.2 Å². The van der Waals surface area contributed by atoms with Crippen LogP contribution in [0, 0.1) is 6.92 Å². The first-order valence-corrected chi connectivity index (χ1v) is 7.45. The second kappa shape index (κ2) is 5.75. The van der Waals surface area contributed by atoms with Crippen molar-refractivity contribution in [3.63, 3.8) is 0 Å². The van der Waals surface area contributed by atoms with Crippen LogP contribution >= 0.6 is 11.3 Å². The third-order valence-corrected chi connectivity index (χ3v) is 4.23. The largest absolute Gasteiger partial charge is 0.481 e. The number of aliphatic carboxylic acids is 1. The van der Waals surface area contributed by atoms with Gasteiger partial charge in [-0.15, -0.1) is 11.3 Å². The van der Waals surface area contributed by atoms with Gasteiger partial charge in [-0.25, -0.2) is 4.98 Å². The van der Waals surface area contributed by atoms with Crippen molar-refractivity contribution in [1.29, 1.82) is 0 Å². The van der Waals surface area contributed by atoms with E-state index in [4.69, 9.17) is 5.11 Å². The van der Waals surface area contributed by atoms with Crippen molar-refractivity contribution in [1.82, 2.24) is 9.97 Å². The third-order valence-electron chi connectivity index (χ3n) is 3.22. The van der Waals surface area contributed by atoms with Crippen LogP contribution in [0.3, 0.4) is 0 Å². The number of carboxylic acid groups (broad SMARTS) is 1. The Morgan fingerprint density at radius 1 is 1.45 bits per heavy atom. The highest BCUT2D eigenvalue weighted by Gasteiger charge is 2.17.